The third-order valence-corrected chi connectivity index (χ3v) is 3.83. The first-order valence-electron chi connectivity index (χ1n) is 5.87. The van der Waals surface area contributed by atoms with Crippen LogP contribution < -0.4 is 0 Å². The first-order chi connectivity index (χ1) is 8.20. The molecule has 0 aliphatic heterocycles. The number of thiophene rings is 1. The molecule has 0 fully saturated rings. The third-order valence-electron chi connectivity index (χ3n) is 2.97. The fraction of sp³-hybridized carbons (Fsp3) is 0.462. The van der Waals surface area contributed by atoms with Crippen molar-refractivity contribution in [3.63, 3.8) is 0 Å². The smallest absolute Gasteiger partial charge is 0.138 e. The minimum absolute atomic E-state index is 0.912. The molecule has 2 aromatic heterocycles. The number of aromatic nitrogens is 1. The molecule has 0 spiro atoms. The zero-order chi connectivity index (χ0) is 12.3. The highest BCUT2D eigenvalue weighted by Crippen LogP contribution is 2.18. The van der Waals surface area contributed by atoms with Crippen molar-refractivity contribution in [1.29, 1.82) is 0 Å². The van der Waals surface area contributed by atoms with Crippen molar-refractivity contribution in [1.82, 2.24) is 10.1 Å². The molecule has 4 heteroatoms. The van der Waals surface area contributed by atoms with Crippen molar-refractivity contribution in [3.8, 4) is 0 Å². The molecule has 0 aromatic carbocycles. The van der Waals surface area contributed by atoms with Gasteiger partial charge < -0.3 is 4.52 Å². The van der Waals surface area contributed by atoms with Gasteiger partial charge in [-0.2, -0.15) is 0 Å². The van der Waals surface area contributed by atoms with Gasteiger partial charge in [-0.05, 0) is 31.8 Å². The Bertz CT molecular complexity index is 442. The van der Waals surface area contributed by atoms with E-state index in [4.69, 9.17) is 4.52 Å². The lowest BCUT2D eigenvalue weighted by Crippen LogP contribution is -2.22. The van der Waals surface area contributed by atoms with Crippen LogP contribution in [0.2, 0.25) is 0 Å². The minimum Gasteiger partial charge on any atom is -0.361 e. The Hall–Kier alpha value is -1.13. The predicted molar refractivity (Wildman–Crippen MR) is 70.1 cm³/mol. The maximum Gasteiger partial charge on any atom is 0.138 e. The molecule has 0 N–H and O–H groups in total. The minimum atomic E-state index is 0.912. The second-order valence-electron chi connectivity index (χ2n) is 4.19. The number of nitrogens with zero attached hydrogens (tertiary/aromatic N) is 2. The second kappa shape index (κ2) is 5.47. The van der Waals surface area contributed by atoms with Gasteiger partial charge in [-0.25, -0.2) is 0 Å². The Labute approximate surface area is 106 Å². The molecule has 0 bridgehead atoms. The number of rotatable bonds is 5. The Morgan fingerprint density at radius 1 is 1.35 bits per heavy atom. The summed E-state index contributed by atoms with van der Waals surface area (Å²) in [5.74, 6) is 0.937. The van der Waals surface area contributed by atoms with Gasteiger partial charge in [0.1, 0.15) is 5.76 Å². The predicted octanol–water partition coefficient (Wildman–Crippen LogP) is 3.38. The van der Waals surface area contributed by atoms with E-state index in [9.17, 15) is 0 Å². The Morgan fingerprint density at radius 2 is 2.18 bits per heavy atom. The molecular weight excluding hydrogens is 232 g/mol. The molecule has 0 atom stereocenters. The van der Waals surface area contributed by atoms with E-state index in [1.807, 2.05) is 13.8 Å². The van der Waals surface area contributed by atoms with E-state index in [-0.39, 0.29) is 0 Å². The van der Waals surface area contributed by atoms with Gasteiger partial charge in [-0.1, -0.05) is 18.1 Å². The summed E-state index contributed by atoms with van der Waals surface area (Å²) in [6.45, 7) is 9.11. The molecule has 92 valence electrons. The quantitative estimate of drug-likeness (QED) is 0.814. The first-order valence-corrected chi connectivity index (χ1v) is 6.75. The van der Waals surface area contributed by atoms with Crippen LogP contribution >= 0.6 is 11.3 Å². The van der Waals surface area contributed by atoms with E-state index in [0.717, 1.165) is 31.1 Å². The van der Waals surface area contributed by atoms with Crippen molar-refractivity contribution in [2.75, 3.05) is 6.54 Å². The van der Waals surface area contributed by atoms with Gasteiger partial charge in [-0.15, -0.1) is 11.3 Å². The molecule has 0 saturated carbocycles. The summed E-state index contributed by atoms with van der Waals surface area (Å²) < 4.78 is 5.20. The van der Waals surface area contributed by atoms with E-state index in [0.29, 0.717) is 0 Å². The first kappa shape index (κ1) is 12.3. The second-order valence-corrected chi connectivity index (χ2v) is 5.22. The lowest BCUT2D eigenvalue weighted by atomic mass is 10.2. The van der Waals surface area contributed by atoms with Gasteiger partial charge >= 0.3 is 0 Å². The summed E-state index contributed by atoms with van der Waals surface area (Å²) in [5, 5.41) is 6.13. The molecule has 2 heterocycles. The number of hydrogen-bond donors (Lipinski definition) is 0. The maximum absolute atomic E-state index is 5.20. The standard InChI is InChI=1S/C13H18N2OS/c1-4-15(8-12-6-5-7-17-12)9-13-10(2)14-16-11(13)3/h5-7H,4,8-9H2,1-3H3. The van der Waals surface area contributed by atoms with E-state index < -0.39 is 0 Å². The fourth-order valence-electron chi connectivity index (χ4n) is 1.85. The van der Waals surface area contributed by atoms with Crippen LogP contribution in [-0.4, -0.2) is 16.6 Å². The highest BCUT2D eigenvalue weighted by Gasteiger charge is 2.13. The summed E-state index contributed by atoms with van der Waals surface area (Å²) in [6, 6.07) is 4.28. The number of hydrogen-bond acceptors (Lipinski definition) is 4. The van der Waals surface area contributed by atoms with Gasteiger partial charge in [0.25, 0.3) is 0 Å². The molecule has 2 rings (SSSR count). The lowest BCUT2D eigenvalue weighted by Gasteiger charge is -2.19. The van der Waals surface area contributed by atoms with Crippen LogP contribution in [0.1, 0.15) is 28.8 Å². The van der Waals surface area contributed by atoms with Gasteiger partial charge in [0, 0.05) is 23.5 Å². The summed E-state index contributed by atoms with van der Waals surface area (Å²) in [5.41, 5.74) is 2.23. The van der Waals surface area contributed by atoms with Crippen LogP contribution in [0.4, 0.5) is 0 Å². The number of aryl methyl sites for hydroxylation is 2. The van der Waals surface area contributed by atoms with Crippen molar-refractivity contribution in [3.05, 3.63) is 39.4 Å². The zero-order valence-electron chi connectivity index (χ0n) is 10.6. The Kier molecular flexibility index (Phi) is 3.97. The normalized spacial score (nSPS) is 11.3. The summed E-state index contributed by atoms with van der Waals surface area (Å²) in [7, 11) is 0. The summed E-state index contributed by atoms with van der Waals surface area (Å²) >= 11 is 1.81. The average Bonchev–Trinajstić information content (AvgIpc) is 2.92. The third kappa shape index (κ3) is 2.96. The van der Waals surface area contributed by atoms with Crippen LogP contribution in [-0.2, 0) is 13.1 Å². The molecule has 0 aliphatic carbocycles. The molecule has 0 saturated heterocycles. The van der Waals surface area contributed by atoms with Gasteiger partial charge in [-0.3, -0.25) is 4.90 Å². The molecule has 0 unspecified atom stereocenters. The molecule has 3 nitrogen and oxygen atoms in total. The average molecular weight is 250 g/mol. The van der Waals surface area contributed by atoms with E-state index in [2.05, 4.69) is 34.5 Å². The largest absolute Gasteiger partial charge is 0.361 e. The van der Waals surface area contributed by atoms with Crippen molar-refractivity contribution < 1.29 is 4.52 Å². The van der Waals surface area contributed by atoms with Crippen molar-refractivity contribution >= 4 is 11.3 Å². The van der Waals surface area contributed by atoms with Crippen LogP contribution in [0, 0.1) is 13.8 Å². The van der Waals surface area contributed by atoms with Crippen LogP contribution in [0.5, 0.6) is 0 Å². The van der Waals surface area contributed by atoms with E-state index in [1.54, 1.807) is 11.3 Å². The van der Waals surface area contributed by atoms with Crippen LogP contribution in [0.25, 0.3) is 0 Å². The van der Waals surface area contributed by atoms with Crippen molar-refractivity contribution in [2.45, 2.75) is 33.9 Å². The SMILES string of the molecule is CCN(Cc1cccs1)Cc1c(C)noc1C. The topological polar surface area (TPSA) is 29.3 Å². The molecule has 0 aliphatic rings. The van der Waals surface area contributed by atoms with E-state index >= 15 is 0 Å². The monoisotopic (exact) mass is 250 g/mol. The van der Waals surface area contributed by atoms with Crippen LogP contribution in [0.15, 0.2) is 22.0 Å². The molecule has 17 heavy (non-hydrogen) atoms. The van der Waals surface area contributed by atoms with Crippen molar-refractivity contribution in [2.24, 2.45) is 0 Å². The maximum atomic E-state index is 5.20. The molecular formula is C13H18N2OS. The summed E-state index contributed by atoms with van der Waals surface area (Å²) in [4.78, 5) is 3.80. The van der Waals surface area contributed by atoms with E-state index in [1.165, 1.54) is 10.4 Å². The molecule has 0 amide bonds. The lowest BCUT2D eigenvalue weighted by molar-refractivity contribution is 0.271. The summed E-state index contributed by atoms with van der Waals surface area (Å²) in [6.07, 6.45) is 0. The van der Waals surface area contributed by atoms with Gasteiger partial charge in [0.2, 0.25) is 0 Å². The fourth-order valence-corrected chi connectivity index (χ4v) is 2.60. The Balaban J connectivity index is 2.05. The molecule has 2 aromatic rings. The Morgan fingerprint density at radius 3 is 2.71 bits per heavy atom. The molecule has 0 radical (unpaired) electrons. The van der Waals surface area contributed by atoms with Gasteiger partial charge in [0.15, 0.2) is 0 Å². The zero-order valence-corrected chi connectivity index (χ0v) is 11.4. The van der Waals surface area contributed by atoms with Gasteiger partial charge in [0.05, 0.1) is 5.69 Å². The highest BCUT2D eigenvalue weighted by molar-refractivity contribution is 7.09. The van der Waals surface area contributed by atoms with Crippen LogP contribution in [0.3, 0.4) is 0 Å². The highest BCUT2D eigenvalue weighted by atomic mass is 32.1.